The number of hydrogen-bond acceptors (Lipinski definition) is 1. The monoisotopic (exact) mass is 197 g/mol. The third-order valence-corrected chi connectivity index (χ3v) is 2.58. The van der Waals surface area contributed by atoms with Crippen LogP contribution in [-0.4, -0.2) is 4.98 Å². The Balaban J connectivity index is 2.69. The van der Waals surface area contributed by atoms with Gasteiger partial charge < -0.3 is 0 Å². The fourth-order valence-electron chi connectivity index (χ4n) is 1.31. The molecule has 1 aromatic heterocycles. The fraction of sp³-hybridized carbons (Fsp3) is 0.545. The first kappa shape index (κ1) is 10.5. The number of hydrogen-bond donors (Lipinski definition) is 0. The van der Waals surface area contributed by atoms with Crippen molar-refractivity contribution in [2.24, 2.45) is 0 Å². The molecule has 0 saturated carbocycles. The van der Waals surface area contributed by atoms with E-state index in [-0.39, 0.29) is 4.87 Å². The molecule has 0 aliphatic heterocycles. The first-order valence-electron chi connectivity index (χ1n) is 4.77. The fourth-order valence-corrected chi connectivity index (χ4v) is 1.55. The Kier molecular flexibility index (Phi) is 3.73. The number of pyridine rings is 1. The van der Waals surface area contributed by atoms with Gasteiger partial charge in [0.2, 0.25) is 0 Å². The van der Waals surface area contributed by atoms with Gasteiger partial charge in [-0.3, -0.25) is 4.98 Å². The van der Waals surface area contributed by atoms with Crippen LogP contribution < -0.4 is 0 Å². The van der Waals surface area contributed by atoms with E-state index in [1.165, 1.54) is 6.42 Å². The molecule has 1 heterocycles. The third-order valence-electron chi connectivity index (χ3n) is 2.20. The molecule has 0 amide bonds. The summed E-state index contributed by atoms with van der Waals surface area (Å²) in [6.07, 6.45) is 5.11. The molecule has 0 spiro atoms. The quantitative estimate of drug-likeness (QED) is 0.671. The van der Waals surface area contributed by atoms with Crippen LogP contribution in [0.25, 0.3) is 0 Å². The highest BCUT2D eigenvalue weighted by Gasteiger charge is 2.23. The summed E-state index contributed by atoms with van der Waals surface area (Å²) in [5, 5.41) is 0. The number of rotatable bonds is 4. The molecular weight excluding hydrogens is 182 g/mol. The molecule has 0 radical (unpaired) electrons. The molecule has 0 saturated heterocycles. The summed E-state index contributed by atoms with van der Waals surface area (Å²) in [6, 6.07) is 5.88. The number of nitrogens with zero attached hydrogens (tertiary/aromatic N) is 1. The van der Waals surface area contributed by atoms with Crippen LogP contribution >= 0.6 is 11.6 Å². The van der Waals surface area contributed by atoms with E-state index in [2.05, 4.69) is 11.9 Å². The molecule has 1 rings (SSSR count). The lowest BCUT2D eigenvalue weighted by Crippen LogP contribution is -2.15. The normalized spacial score (nSPS) is 15.3. The molecule has 0 N–H and O–H groups in total. The van der Waals surface area contributed by atoms with E-state index in [4.69, 9.17) is 11.6 Å². The molecule has 13 heavy (non-hydrogen) atoms. The van der Waals surface area contributed by atoms with Crippen LogP contribution in [0, 0.1) is 0 Å². The lowest BCUT2D eigenvalue weighted by atomic mass is 9.99. The molecule has 0 aliphatic carbocycles. The number of alkyl halides is 1. The summed E-state index contributed by atoms with van der Waals surface area (Å²) >= 11 is 6.38. The van der Waals surface area contributed by atoms with Gasteiger partial charge in [-0.1, -0.05) is 25.8 Å². The molecule has 0 bridgehead atoms. The van der Waals surface area contributed by atoms with E-state index in [0.717, 1.165) is 18.5 Å². The second-order valence-electron chi connectivity index (χ2n) is 3.52. The zero-order valence-corrected chi connectivity index (χ0v) is 9.01. The van der Waals surface area contributed by atoms with Gasteiger partial charge in [0.15, 0.2) is 0 Å². The van der Waals surface area contributed by atoms with Gasteiger partial charge in [0.05, 0.1) is 10.6 Å². The number of unbranched alkanes of at least 4 members (excludes halogenated alkanes) is 1. The van der Waals surface area contributed by atoms with Crippen molar-refractivity contribution in [1.82, 2.24) is 4.98 Å². The Hall–Kier alpha value is -0.560. The van der Waals surface area contributed by atoms with Crippen molar-refractivity contribution < 1.29 is 0 Å². The lowest BCUT2D eigenvalue weighted by Gasteiger charge is -2.20. The van der Waals surface area contributed by atoms with Gasteiger partial charge in [-0.25, -0.2) is 0 Å². The molecule has 0 aromatic carbocycles. The number of aromatic nitrogens is 1. The highest BCUT2D eigenvalue weighted by molar-refractivity contribution is 6.23. The summed E-state index contributed by atoms with van der Waals surface area (Å²) in [7, 11) is 0. The highest BCUT2D eigenvalue weighted by atomic mass is 35.5. The van der Waals surface area contributed by atoms with E-state index >= 15 is 0 Å². The maximum atomic E-state index is 6.38. The molecule has 0 fully saturated rings. The Morgan fingerprint density at radius 3 is 2.77 bits per heavy atom. The Morgan fingerprint density at radius 2 is 2.23 bits per heavy atom. The van der Waals surface area contributed by atoms with E-state index < -0.39 is 0 Å². The van der Waals surface area contributed by atoms with Crippen molar-refractivity contribution in [2.75, 3.05) is 0 Å². The van der Waals surface area contributed by atoms with Gasteiger partial charge in [0.1, 0.15) is 0 Å². The highest BCUT2D eigenvalue weighted by Crippen LogP contribution is 2.32. The second kappa shape index (κ2) is 4.61. The Labute approximate surface area is 85.1 Å². The van der Waals surface area contributed by atoms with Crippen LogP contribution in [-0.2, 0) is 4.87 Å². The molecule has 1 unspecified atom stereocenters. The zero-order chi connectivity index (χ0) is 9.73. The van der Waals surface area contributed by atoms with Crippen molar-refractivity contribution in [1.29, 1.82) is 0 Å². The maximum Gasteiger partial charge on any atom is 0.0837 e. The molecule has 72 valence electrons. The minimum absolute atomic E-state index is 0.294. The predicted octanol–water partition coefficient (Wildman–Crippen LogP) is 3.73. The predicted molar refractivity (Wildman–Crippen MR) is 57.0 cm³/mol. The minimum Gasteiger partial charge on any atom is -0.259 e. The first-order chi connectivity index (χ1) is 6.17. The average molecular weight is 198 g/mol. The van der Waals surface area contributed by atoms with Crippen LogP contribution in [0.3, 0.4) is 0 Å². The summed E-state index contributed by atoms with van der Waals surface area (Å²) in [4.78, 5) is 3.98. The third kappa shape index (κ3) is 3.00. The first-order valence-corrected chi connectivity index (χ1v) is 5.15. The van der Waals surface area contributed by atoms with E-state index in [1.54, 1.807) is 6.20 Å². The van der Waals surface area contributed by atoms with Crippen LogP contribution in [0.15, 0.2) is 24.4 Å². The average Bonchev–Trinajstić information content (AvgIpc) is 2.16. The molecule has 0 aliphatic rings. The van der Waals surface area contributed by atoms with Crippen LogP contribution in [0.2, 0.25) is 0 Å². The smallest absolute Gasteiger partial charge is 0.0837 e. The molecular formula is C11H16ClN. The SMILES string of the molecule is CCCCC(C)(Cl)c1ccccn1. The summed E-state index contributed by atoms with van der Waals surface area (Å²) < 4.78 is 0. The van der Waals surface area contributed by atoms with Gasteiger partial charge in [-0.15, -0.1) is 11.6 Å². The zero-order valence-electron chi connectivity index (χ0n) is 8.26. The number of halogens is 1. The topological polar surface area (TPSA) is 12.9 Å². The van der Waals surface area contributed by atoms with E-state index in [1.807, 2.05) is 25.1 Å². The van der Waals surface area contributed by atoms with Gasteiger partial charge in [0.25, 0.3) is 0 Å². The standard InChI is InChI=1S/C11H16ClN/c1-3-4-8-11(2,12)10-7-5-6-9-13-10/h5-7,9H,3-4,8H2,1-2H3. The minimum atomic E-state index is -0.294. The van der Waals surface area contributed by atoms with Crippen LogP contribution in [0.4, 0.5) is 0 Å². The Bertz CT molecular complexity index is 244. The molecule has 1 nitrogen and oxygen atoms in total. The summed E-state index contributed by atoms with van der Waals surface area (Å²) in [6.45, 7) is 4.21. The summed E-state index contributed by atoms with van der Waals surface area (Å²) in [5.41, 5.74) is 0.977. The Morgan fingerprint density at radius 1 is 1.46 bits per heavy atom. The van der Waals surface area contributed by atoms with Crippen molar-refractivity contribution in [3.63, 3.8) is 0 Å². The van der Waals surface area contributed by atoms with Crippen LogP contribution in [0.1, 0.15) is 38.8 Å². The molecule has 2 heteroatoms. The lowest BCUT2D eigenvalue weighted by molar-refractivity contribution is 0.554. The van der Waals surface area contributed by atoms with E-state index in [0.29, 0.717) is 0 Å². The van der Waals surface area contributed by atoms with Gasteiger partial charge in [-0.2, -0.15) is 0 Å². The van der Waals surface area contributed by atoms with Crippen molar-refractivity contribution >= 4 is 11.6 Å². The second-order valence-corrected chi connectivity index (χ2v) is 4.35. The van der Waals surface area contributed by atoms with E-state index in [9.17, 15) is 0 Å². The van der Waals surface area contributed by atoms with Crippen molar-refractivity contribution in [3.05, 3.63) is 30.1 Å². The van der Waals surface area contributed by atoms with Gasteiger partial charge in [-0.05, 0) is 25.5 Å². The maximum absolute atomic E-state index is 6.38. The molecule has 1 atom stereocenters. The van der Waals surface area contributed by atoms with Gasteiger partial charge >= 0.3 is 0 Å². The van der Waals surface area contributed by atoms with Crippen molar-refractivity contribution in [2.45, 2.75) is 38.0 Å². The van der Waals surface area contributed by atoms with Crippen molar-refractivity contribution in [3.8, 4) is 0 Å². The molecule has 1 aromatic rings. The largest absolute Gasteiger partial charge is 0.259 e. The van der Waals surface area contributed by atoms with Gasteiger partial charge in [0, 0.05) is 6.20 Å². The summed E-state index contributed by atoms with van der Waals surface area (Å²) in [5.74, 6) is 0. The van der Waals surface area contributed by atoms with Crippen LogP contribution in [0.5, 0.6) is 0 Å².